The van der Waals surface area contributed by atoms with Crippen LogP contribution in [0.3, 0.4) is 0 Å². The smallest absolute Gasteiger partial charge is 0.226 e. The minimum atomic E-state index is -0.202. The summed E-state index contributed by atoms with van der Waals surface area (Å²) in [6.07, 6.45) is 1.79. The van der Waals surface area contributed by atoms with Crippen molar-refractivity contribution in [3.63, 3.8) is 0 Å². The van der Waals surface area contributed by atoms with Crippen molar-refractivity contribution in [3.8, 4) is 5.69 Å². The van der Waals surface area contributed by atoms with Gasteiger partial charge in [0.1, 0.15) is 0 Å². The average Bonchev–Trinajstić information content (AvgIpc) is 3.41. The second kappa shape index (κ2) is 11.0. The maximum Gasteiger partial charge on any atom is 0.226 e. The molecule has 1 aliphatic rings. The first-order valence-corrected chi connectivity index (χ1v) is 13.9. The Balaban J connectivity index is 1.61. The number of hydrogen-bond donors (Lipinski definition) is 2. The molecule has 39 heavy (non-hydrogen) atoms. The van der Waals surface area contributed by atoms with Crippen molar-refractivity contribution >= 4 is 57.8 Å². The molecule has 200 valence electrons. The molecule has 0 bridgehead atoms. The van der Waals surface area contributed by atoms with E-state index in [0.717, 1.165) is 34.0 Å². The zero-order chi connectivity index (χ0) is 27.8. The van der Waals surface area contributed by atoms with Gasteiger partial charge in [0, 0.05) is 39.9 Å². The summed E-state index contributed by atoms with van der Waals surface area (Å²) in [6, 6.07) is 21.1. The first-order valence-electron chi connectivity index (χ1n) is 12.7. The van der Waals surface area contributed by atoms with Crippen molar-refractivity contribution in [2.75, 3.05) is 10.2 Å². The number of pyridine rings is 1. The highest BCUT2D eigenvalue weighted by Gasteiger charge is 2.42. The van der Waals surface area contributed by atoms with E-state index in [2.05, 4.69) is 45.0 Å². The molecule has 0 radical (unpaired) electrons. The van der Waals surface area contributed by atoms with E-state index >= 15 is 0 Å². The molecule has 6 nitrogen and oxygen atoms in total. The van der Waals surface area contributed by atoms with E-state index in [1.165, 1.54) is 0 Å². The summed E-state index contributed by atoms with van der Waals surface area (Å²) >= 11 is 18.7. The van der Waals surface area contributed by atoms with Gasteiger partial charge in [0.2, 0.25) is 5.91 Å². The zero-order valence-corrected chi connectivity index (χ0v) is 24.4. The van der Waals surface area contributed by atoms with E-state index in [0.29, 0.717) is 20.8 Å². The number of amides is 1. The number of benzene rings is 2. The number of carbonyl (C=O) groups excluding carboxylic acids is 1. The summed E-state index contributed by atoms with van der Waals surface area (Å²) in [5.41, 5.74) is 6.59. The summed E-state index contributed by atoms with van der Waals surface area (Å²) in [4.78, 5) is 19.0. The highest BCUT2D eigenvalue weighted by Crippen LogP contribution is 2.44. The quantitative estimate of drug-likeness (QED) is 0.231. The number of aromatic nitrogens is 2. The maximum atomic E-state index is 12.3. The predicted octanol–water partition coefficient (Wildman–Crippen LogP) is 7.57. The van der Waals surface area contributed by atoms with Crippen LogP contribution < -0.4 is 15.5 Å². The number of thiocarbonyl (C=S) groups is 1. The molecule has 2 aromatic heterocycles. The molecule has 5 rings (SSSR count). The summed E-state index contributed by atoms with van der Waals surface area (Å²) in [6.45, 7) is 7.89. The van der Waals surface area contributed by atoms with E-state index in [-0.39, 0.29) is 23.9 Å². The Morgan fingerprint density at radius 3 is 2.38 bits per heavy atom. The molecule has 4 aromatic rings. The lowest BCUT2D eigenvalue weighted by Crippen LogP contribution is -2.29. The second-order valence-corrected chi connectivity index (χ2v) is 11.2. The van der Waals surface area contributed by atoms with Crippen LogP contribution in [0.15, 0.2) is 72.9 Å². The molecule has 1 amide bonds. The average molecular weight is 579 g/mol. The molecule has 0 spiro atoms. The number of nitrogens with zero attached hydrogens (tertiary/aromatic N) is 3. The second-order valence-electron chi connectivity index (χ2n) is 9.94. The molecule has 0 unspecified atom stereocenters. The lowest BCUT2D eigenvalue weighted by atomic mass is 9.96. The SMILES string of the molecule is Cc1cc([C@@H]2[C@@H](c3ccccn3)NC(=S)N2c2ccc(NC(=O)C(C)C)c(Cl)c2)c(C)n1-c1ccc(Cl)cc1. The maximum absolute atomic E-state index is 12.3. The number of hydrogen-bond acceptors (Lipinski definition) is 3. The van der Waals surface area contributed by atoms with Crippen molar-refractivity contribution in [3.05, 3.63) is 106 Å². The standard InChI is InChI=1S/C30H29Cl2N5OS/c1-17(2)29(38)34-25-13-12-22(16-24(25)32)37-28(27(35-30(37)39)26-7-5-6-14-33-26)23-15-18(3)36(19(23)4)21-10-8-20(31)9-11-21/h5-17,27-28H,1-4H3,(H,34,38)(H,35,39)/t27-,28-/m1/s1. The van der Waals surface area contributed by atoms with Crippen LogP contribution in [0.4, 0.5) is 11.4 Å². The lowest BCUT2D eigenvalue weighted by Gasteiger charge is -2.28. The number of anilines is 2. The third-order valence-corrected chi connectivity index (χ3v) is 7.86. The molecular weight excluding hydrogens is 549 g/mol. The molecule has 1 fully saturated rings. The van der Waals surface area contributed by atoms with Gasteiger partial charge in [0.25, 0.3) is 0 Å². The van der Waals surface area contributed by atoms with Crippen molar-refractivity contribution in [1.82, 2.24) is 14.9 Å². The number of aryl methyl sites for hydroxylation is 1. The van der Waals surface area contributed by atoms with Gasteiger partial charge in [-0.1, -0.05) is 43.1 Å². The van der Waals surface area contributed by atoms with Gasteiger partial charge in [-0.2, -0.15) is 0 Å². The third-order valence-electron chi connectivity index (χ3n) is 6.98. The number of carbonyl (C=O) groups is 1. The van der Waals surface area contributed by atoms with Gasteiger partial charge < -0.3 is 20.1 Å². The predicted molar refractivity (Wildman–Crippen MR) is 163 cm³/mol. The van der Waals surface area contributed by atoms with Crippen molar-refractivity contribution < 1.29 is 4.79 Å². The Hall–Kier alpha value is -3.39. The summed E-state index contributed by atoms with van der Waals surface area (Å²) in [5, 5.41) is 8.11. The molecule has 2 atom stereocenters. The highest BCUT2D eigenvalue weighted by molar-refractivity contribution is 7.80. The topological polar surface area (TPSA) is 62.2 Å². The molecule has 2 aromatic carbocycles. The fourth-order valence-electron chi connectivity index (χ4n) is 5.06. The van der Waals surface area contributed by atoms with Crippen molar-refractivity contribution in [2.24, 2.45) is 5.92 Å². The van der Waals surface area contributed by atoms with Gasteiger partial charge in [-0.25, -0.2) is 0 Å². The molecule has 2 N–H and O–H groups in total. The van der Waals surface area contributed by atoms with E-state index in [1.807, 2.05) is 74.5 Å². The lowest BCUT2D eigenvalue weighted by molar-refractivity contribution is -0.118. The largest absolute Gasteiger partial charge is 0.351 e. The van der Waals surface area contributed by atoms with E-state index in [4.69, 9.17) is 35.4 Å². The van der Waals surface area contributed by atoms with Crippen LogP contribution in [0.2, 0.25) is 10.0 Å². The highest BCUT2D eigenvalue weighted by atomic mass is 35.5. The van der Waals surface area contributed by atoms with Gasteiger partial charge in [0.05, 0.1) is 28.5 Å². The minimum absolute atomic E-state index is 0.0919. The van der Waals surface area contributed by atoms with Crippen LogP contribution in [0.25, 0.3) is 5.69 Å². The van der Waals surface area contributed by atoms with Crippen LogP contribution in [-0.2, 0) is 4.79 Å². The molecule has 1 saturated heterocycles. The first kappa shape index (κ1) is 27.2. The summed E-state index contributed by atoms with van der Waals surface area (Å²) < 4.78 is 2.22. The van der Waals surface area contributed by atoms with Crippen LogP contribution in [0.1, 0.15) is 48.6 Å². The Morgan fingerprint density at radius 2 is 1.74 bits per heavy atom. The fourth-order valence-corrected chi connectivity index (χ4v) is 5.75. The molecular formula is C30H29Cl2N5OS. The van der Waals surface area contributed by atoms with Crippen LogP contribution in [-0.4, -0.2) is 20.6 Å². The van der Waals surface area contributed by atoms with E-state index in [1.54, 1.807) is 6.20 Å². The molecule has 3 heterocycles. The molecule has 1 aliphatic heterocycles. The fraction of sp³-hybridized carbons (Fsp3) is 0.233. The van der Waals surface area contributed by atoms with Crippen molar-refractivity contribution in [2.45, 2.75) is 39.8 Å². The van der Waals surface area contributed by atoms with Crippen LogP contribution in [0, 0.1) is 19.8 Å². The molecule has 9 heteroatoms. The first-order chi connectivity index (χ1) is 18.7. The zero-order valence-electron chi connectivity index (χ0n) is 22.1. The van der Waals surface area contributed by atoms with Gasteiger partial charge in [-0.05, 0) is 92.3 Å². The Bertz CT molecular complexity index is 1540. The van der Waals surface area contributed by atoms with E-state index < -0.39 is 0 Å². The van der Waals surface area contributed by atoms with Crippen LogP contribution >= 0.6 is 35.4 Å². The minimum Gasteiger partial charge on any atom is -0.351 e. The van der Waals surface area contributed by atoms with Gasteiger partial charge >= 0.3 is 0 Å². The summed E-state index contributed by atoms with van der Waals surface area (Å²) in [7, 11) is 0. The third kappa shape index (κ3) is 5.26. The monoisotopic (exact) mass is 577 g/mol. The van der Waals surface area contributed by atoms with Gasteiger partial charge in [0.15, 0.2) is 5.11 Å². The Labute approximate surface area is 244 Å². The van der Waals surface area contributed by atoms with Crippen LogP contribution in [0.5, 0.6) is 0 Å². The number of rotatable bonds is 6. The Kier molecular flexibility index (Phi) is 7.67. The van der Waals surface area contributed by atoms with Gasteiger partial charge in [-0.15, -0.1) is 0 Å². The Morgan fingerprint density at radius 1 is 1.03 bits per heavy atom. The van der Waals surface area contributed by atoms with Crippen molar-refractivity contribution in [1.29, 1.82) is 0 Å². The molecule has 0 aliphatic carbocycles. The van der Waals surface area contributed by atoms with Gasteiger partial charge in [-0.3, -0.25) is 9.78 Å². The normalized spacial score (nSPS) is 17.0. The number of halogens is 2. The van der Waals surface area contributed by atoms with E-state index in [9.17, 15) is 4.79 Å². The number of nitrogens with one attached hydrogen (secondary N) is 2. The summed E-state index contributed by atoms with van der Waals surface area (Å²) in [5.74, 6) is -0.249. The molecule has 0 saturated carbocycles.